The van der Waals surface area contributed by atoms with E-state index in [9.17, 15) is 9.59 Å². The number of ether oxygens (including phenoxy) is 1. The minimum atomic E-state index is -0.500. The van der Waals surface area contributed by atoms with Crippen LogP contribution in [0.25, 0.3) is 0 Å². The van der Waals surface area contributed by atoms with Crippen molar-refractivity contribution >= 4 is 12.4 Å². The van der Waals surface area contributed by atoms with E-state index in [1.54, 1.807) is 0 Å². The first-order valence-corrected chi connectivity index (χ1v) is 2.98. The van der Waals surface area contributed by atoms with Crippen LogP contribution in [-0.2, 0) is 19.2 Å². The molecule has 0 spiro atoms. The molecule has 0 aromatic carbocycles. The molecule has 11 heavy (non-hydrogen) atoms. The van der Waals surface area contributed by atoms with Gasteiger partial charge in [0.05, 0.1) is 6.54 Å². The lowest BCUT2D eigenvalue weighted by Crippen LogP contribution is -2.21. The van der Waals surface area contributed by atoms with Crippen molar-refractivity contribution in [2.45, 2.75) is 0 Å². The van der Waals surface area contributed by atoms with Crippen molar-refractivity contribution in [3.63, 3.8) is 0 Å². The van der Waals surface area contributed by atoms with Gasteiger partial charge in [-0.15, -0.1) is 0 Å². The Balaban J connectivity index is 3.01. The van der Waals surface area contributed by atoms with Crippen LogP contribution in [0, 0.1) is 0 Å². The Bertz CT molecular complexity index is 128. The van der Waals surface area contributed by atoms with Crippen molar-refractivity contribution in [3.8, 4) is 0 Å². The highest BCUT2D eigenvalue weighted by Gasteiger charge is 1.96. The molecule has 0 atom stereocenters. The summed E-state index contributed by atoms with van der Waals surface area (Å²) in [6, 6.07) is 0. The maximum Gasteiger partial charge on any atom is 0.319 e. The van der Waals surface area contributed by atoms with Crippen LogP contribution in [0.3, 0.4) is 0 Å². The van der Waals surface area contributed by atoms with Gasteiger partial charge in [0.15, 0.2) is 0 Å². The Kier molecular flexibility index (Phi) is 6.25. The number of hydrogen-bond donors (Lipinski definition) is 2. The van der Waals surface area contributed by atoms with Crippen LogP contribution in [0.1, 0.15) is 0 Å². The van der Waals surface area contributed by atoms with Gasteiger partial charge in [0, 0.05) is 0 Å². The topological polar surface area (TPSA) is 90.7 Å². The number of esters is 1. The average molecular weight is 162 g/mol. The molecular formula is C5H10N2O4. The molecule has 0 aromatic heterocycles. The van der Waals surface area contributed by atoms with Gasteiger partial charge in [-0.25, -0.2) is 5.48 Å². The van der Waals surface area contributed by atoms with Gasteiger partial charge in [-0.1, -0.05) is 0 Å². The highest BCUT2D eigenvalue weighted by atomic mass is 16.7. The normalized spacial score (nSPS) is 8.82. The summed E-state index contributed by atoms with van der Waals surface area (Å²) in [6.07, 6.45) is 0.380. The van der Waals surface area contributed by atoms with Crippen molar-refractivity contribution in [1.29, 1.82) is 0 Å². The van der Waals surface area contributed by atoms with Crippen molar-refractivity contribution in [2.75, 3.05) is 19.8 Å². The van der Waals surface area contributed by atoms with E-state index in [2.05, 4.69) is 9.57 Å². The highest BCUT2D eigenvalue weighted by molar-refractivity contribution is 5.71. The van der Waals surface area contributed by atoms with E-state index in [-0.39, 0.29) is 19.8 Å². The summed E-state index contributed by atoms with van der Waals surface area (Å²) in [4.78, 5) is 24.4. The first-order chi connectivity index (χ1) is 5.31. The van der Waals surface area contributed by atoms with Gasteiger partial charge in [-0.05, 0) is 0 Å². The minimum absolute atomic E-state index is 0.0802. The largest absolute Gasteiger partial charge is 0.462 e. The number of nitrogens with two attached hydrogens (primary N) is 1. The molecule has 0 aliphatic rings. The molecule has 0 rings (SSSR count). The summed E-state index contributed by atoms with van der Waals surface area (Å²) in [7, 11) is 0. The summed E-state index contributed by atoms with van der Waals surface area (Å²) < 4.78 is 4.49. The molecular weight excluding hydrogens is 152 g/mol. The van der Waals surface area contributed by atoms with E-state index in [1.807, 2.05) is 5.48 Å². The number of carbonyl (C=O) groups is 2. The van der Waals surface area contributed by atoms with E-state index >= 15 is 0 Å². The zero-order valence-electron chi connectivity index (χ0n) is 5.91. The van der Waals surface area contributed by atoms with E-state index in [0.717, 1.165) is 0 Å². The fourth-order valence-electron chi connectivity index (χ4n) is 0.349. The second-order valence-corrected chi connectivity index (χ2v) is 1.51. The van der Waals surface area contributed by atoms with Crippen LogP contribution >= 0.6 is 0 Å². The van der Waals surface area contributed by atoms with Crippen LogP contribution in [0.2, 0.25) is 0 Å². The van der Waals surface area contributed by atoms with E-state index in [0.29, 0.717) is 6.41 Å². The summed E-state index contributed by atoms with van der Waals surface area (Å²) in [5.41, 5.74) is 6.86. The summed E-state index contributed by atoms with van der Waals surface area (Å²) in [5.74, 6) is -0.500. The number of amides is 1. The Hall–Kier alpha value is -1.14. The molecule has 0 aliphatic carbocycles. The van der Waals surface area contributed by atoms with Gasteiger partial charge < -0.3 is 10.5 Å². The molecule has 6 nitrogen and oxygen atoms in total. The quantitative estimate of drug-likeness (QED) is 0.207. The molecule has 0 saturated carbocycles. The molecule has 64 valence electrons. The zero-order valence-corrected chi connectivity index (χ0v) is 5.91. The summed E-state index contributed by atoms with van der Waals surface area (Å²) >= 11 is 0. The van der Waals surface area contributed by atoms with Gasteiger partial charge in [-0.2, -0.15) is 0 Å². The maximum absolute atomic E-state index is 10.4. The van der Waals surface area contributed by atoms with E-state index in [1.165, 1.54) is 0 Å². The number of rotatable bonds is 6. The third kappa shape index (κ3) is 6.75. The molecule has 0 unspecified atom stereocenters. The Labute approximate surface area is 63.6 Å². The number of hydrogen-bond acceptors (Lipinski definition) is 5. The SMILES string of the molecule is NCC(=O)OCCONC=O. The van der Waals surface area contributed by atoms with Gasteiger partial charge >= 0.3 is 5.97 Å². The molecule has 0 fully saturated rings. The lowest BCUT2D eigenvalue weighted by Gasteiger charge is -2.01. The third-order valence-electron chi connectivity index (χ3n) is 0.747. The van der Waals surface area contributed by atoms with Crippen molar-refractivity contribution < 1.29 is 19.2 Å². The van der Waals surface area contributed by atoms with E-state index < -0.39 is 5.97 Å². The molecule has 0 bridgehead atoms. The molecule has 0 aromatic rings. The first-order valence-electron chi connectivity index (χ1n) is 2.98. The second-order valence-electron chi connectivity index (χ2n) is 1.51. The molecule has 1 amide bonds. The van der Waals surface area contributed by atoms with Crippen molar-refractivity contribution in [2.24, 2.45) is 5.73 Å². The predicted molar refractivity (Wildman–Crippen MR) is 35.2 cm³/mol. The van der Waals surface area contributed by atoms with Crippen LogP contribution in [-0.4, -0.2) is 32.1 Å². The van der Waals surface area contributed by atoms with Gasteiger partial charge in [-0.3, -0.25) is 14.4 Å². The van der Waals surface area contributed by atoms with Crippen molar-refractivity contribution in [3.05, 3.63) is 0 Å². The summed E-state index contributed by atoms with van der Waals surface area (Å²) in [6.45, 7) is 0.0441. The lowest BCUT2D eigenvalue weighted by atomic mass is 10.7. The molecule has 0 heterocycles. The van der Waals surface area contributed by atoms with Crippen molar-refractivity contribution in [1.82, 2.24) is 5.48 Å². The zero-order chi connectivity index (χ0) is 8.53. The maximum atomic E-state index is 10.4. The average Bonchev–Trinajstić information content (AvgIpc) is 2.04. The molecule has 0 saturated heterocycles. The molecule has 6 heteroatoms. The molecule has 3 N–H and O–H groups in total. The smallest absolute Gasteiger partial charge is 0.319 e. The highest BCUT2D eigenvalue weighted by Crippen LogP contribution is 1.75. The Morgan fingerprint density at radius 3 is 2.82 bits per heavy atom. The number of hydroxylamine groups is 1. The van der Waals surface area contributed by atoms with Crippen LogP contribution in [0.4, 0.5) is 0 Å². The van der Waals surface area contributed by atoms with E-state index in [4.69, 9.17) is 5.73 Å². The number of carbonyl (C=O) groups excluding carboxylic acids is 2. The predicted octanol–water partition coefficient (Wildman–Crippen LogP) is -1.83. The van der Waals surface area contributed by atoms with Crippen LogP contribution in [0.5, 0.6) is 0 Å². The van der Waals surface area contributed by atoms with Crippen LogP contribution in [0.15, 0.2) is 0 Å². The second kappa shape index (κ2) is 6.97. The van der Waals surface area contributed by atoms with Gasteiger partial charge in [0.1, 0.15) is 13.2 Å². The molecule has 0 radical (unpaired) electrons. The minimum Gasteiger partial charge on any atom is -0.462 e. The first kappa shape index (κ1) is 9.86. The fraction of sp³-hybridized carbons (Fsp3) is 0.600. The van der Waals surface area contributed by atoms with Crippen LogP contribution < -0.4 is 11.2 Å². The van der Waals surface area contributed by atoms with Gasteiger partial charge in [0.25, 0.3) is 0 Å². The fourth-order valence-corrected chi connectivity index (χ4v) is 0.349. The Morgan fingerprint density at radius 2 is 2.27 bits per heavy atom. The lowest BCUT2D eigenvalue weighted by molar-refractivity contribution is -0.144. The summed E-state index contributed by atoms with van der Waals surface area (Å²) in [5, 5.41) is 0. The Morgan fingerprint density at radius 1 is 1.55 bits per heavy atom. The standard InChI is InChI=1S/C5H10N2O4/c6-3-5(9)10-1-2-11-7-4-8/h4H,1-3,6H2,(H,7,8). The van der Waals surface area contributed by atoms with Gasteiger partial charge in [0.2, 0.25) is 6.41 Å². The number of nitrogens with one attached hydrogen (secondary N) is 1. The monoisotopic (exact) mass is 162 g/mol. The molecule has 0 aliphatic heterocycles. The third-order valence-corrected chi connectivity index (χ3v) is 0.747.